The summed E-state index contributed by atoms with van der Waals surface area (Å²) in [6, 6.07) is 0. The Labute approximate surface area is 121 Å². The van der Waals surface area contributed by atoms with Gasteiger partial charge in [0.25, 0.3) is 0 Å². The zero-order valence-electron chi connectivity index (χ0n) is 11.9. The van der Waals surface area contributed by atoms with Gasteiger partial charge in [-0.15, -0.1) is 0 Å². The topological polar surface area (TPSA) is 58.8 Å². The van der Waals surface area contributed by atoms with Gasteiger partial charge < -0.3 is 15.4 Å². The lowest BCUT2D eigenvalue weighted by atomic mass is 10.1. The molecule has 110 valence electrons. The summed E-state index contributed by atoms with van der Waals surface area (Å²) in [7, 11) is 3.74. The molecule has 1 aliphatic heterocycles. The zero-order chi connectivity index (χ0) is 14.3. The average Bonchev–Trinajstić information content (AvgIpc) is 2.36. The summed E-state index contributed by atoms with van der Waals surface area (Å²) in [6.07, 6.45) is 4.32. The molecule has 0 aromatic rings. The van der Waals surface area contributed by atoms with Crippen LogP contribution >= 0.6 is 12.2 Å². The third kappa shape index (κ3) is 6.84. The van der Waals surface area contributed by atoms with Gasteiger partial charge in [-0.25, -0.2) is 0 Å². The van der Waals surface area contributed by atoms with Gasteiger partial charge in [-0.1, -0.05) is 12.2 Å². The van der Waals surface area contributed by atoms with Crippen LogP contribution in [0.3, 0.4) is 0 Å². The van der Waals surface area contributed by atoms with E-state index in [1.54, 1.807) is 11.9 Å². The summed E-state index contributed by atoms with van der Waals surface area (Å²) in [6.45, 7) is 2.66. The molecule has 0 aromatic carbocycles. The van der Waals surface area contributed by atoms with Crippen LogP contribution in [0, 0.1) is 0 Å². The lowest BCUT2D eigenvalue weighted by molar-refractivity contribution is -0.131. The van der Waals surface area contributed by atoms with Crippen LogP contribution in [0.5, 0.6) is 0 Å². The maximum Gasteiger partial charge on any atom is 0.236 e. The molecule has 0 saturated carbocycles. The van der Waals surface area contributed by atoms with E-state index in [0.717, 1.165) is 26.0 Å². The number of amides is 1. The van der Waals surface area contributed by atoms with Gasteiger partial charge in [0.1, 0.15) is 0 Å². The molecule has 1 aliphatic rings. The minimum atomic E-state index is 0.0922. The molecule has 1 unspecified atom stereocenters. The molecule has 0 aromatic heterocycles. The molecule has 0 bridgehead atoms. The summed E-state index contributed by atoms with van der Waals surface area (Å²) in [5, 5.41) is 0. The molecule has 1 amide bonds. The molecule has 1 fully saturated rings. The van der Waals surface area contributed by atoms with Crippen molar-refractivity contribution < 1.29 is 9.53 Å². The number of rotatable bonds is 7. The van der Waals surface area contributed by atoms with Gasteiger partial charge in [-0.2, -0.15) is 0 Å². The van der Waals surface area contributed by atoms with Gasteiger partial charge >= 0.3 is 0 Å². The number of ether oxygens (including phenoxy) is 1. The van der Waals surface area contributed by atoms with Gasteiger partial charge in [-0.3, -0.25) is 9.69 Å². The van der Waals surface area contributed by atoms with Crippen molar-refractivity contribution in [3.8, 4) is 0 Å². The quantitative estimate of drug-likeness (QED) is 0.696. The van der Waals surface area contributed by atoms with Crippen LogP contribution in [0.1, 0.15) is 25.7 Å². The van der Waals surface area contributed by atoms with Crippen LogP contribution < -0.4 is 5.73 Å². The first-order valence-corrected chi connectivity index (χ1v) is 7.22. The Hall–Kier alpha value is -0.720. The molecule has 1 heterocycles. The van der Waals surface area contributed by atoms with Crippen LogP contribution in [0.2, 0.25) is 0 Å². The van der Waals surface area contributed by atoms with Crippen molar-refractivity contribution in [3.63, 3.8) is 0 Å². The van der Waals surface area contributed by atoms with Gasteiger partial charge in [0.05, 0.1) is 17.6 Å². The Morgan fingerprint density at radius 3 is 2.74 bits per heavy atom. The van der Waals surface area contributed by atoms with Crippen molar-refractivity contribution in [1.29, 1.82) is 0 Å². The van der Waals surface area contributed by atoms with E-state index in [4.69, 9.17) is 22.7 Å². The number of nitrogens with two attached hydrogens (primary N) is 1. The van der Waals surface area contributed by atoms with Gasteiger partial charge in [0.2, 0.25) is 5.91 Å². The first-order chi connectivity index (χ1) is 8.99. The number of carbonyl (C=O) groups is 1. The Bertz CT molecular complexity index is 306. The van der Waals surface area contributed by atoms with E-state index >= 15 is 0 Å². The van der Waals surface area contributed by atoms with Crippen molar-refractivity contribution in [2.45, 2.75) is 31.8 Å². The van der Waals surface area contributed by atoms with Crippen LogP contribution in [-0.2, 0) is 9.53 Å². The third-order valence-corrected chi connectivity index (χ3v) is 3.52. The minimum absolute atomic E-state index is 0.0922. The molecule has 0 spiro atoms. The zero-order valence-corrected chi connectivity index (χ0v) is 12.7. The summed E-state index contributed by atoms with van der Waals surface area (Å²) in [5.41, 5.74) is 5.43. The molecule has 1 saturated heterocycles. The second kappa shape index (κ2) is 8.45. The molecule has 5 nitrogen and oxygen atoms in total. The molecule has 1 atom stereocenters. The summed E-state index contributed by atoms with van der Waals surface area (Å²) in [4.78, 5) is 16.1. The lowest BCUT2D eigenvalue weighted by Gasteiger charge is -2.28. The average molecular weight is 287 g/mol. The number of hydrogen-bond donors (Lipinski definition) is 1. The van der Waals surface area contributed by atoms with Crippen molar-refractivity contribution in [2.24, 2.45) is 5.73 Å². The predicted octanol–water partition coefficient (Wildman–Crippen LogP) is 0.622. The largest absolute Gasteiger partial charge is 0.393 e. The van der Waals surface area contributed by atoms with Crippen LogP contribution in [0.4, 0.5) is 0 Å². The molecule has 1 rings (SSSR count). The second-order valence-corrected chi connectivity index (χ2v) is 5.74. The third-order valence-electron chi connectivity index (χ3n) is 3.31. The maximum atomic E-state index is 12.0. The lowest BCUT2D eigenvalue weighted by Crippen LogP contribution is -2.41. The number of carbonyl (C=O) groups excluding carboxylic acids is 1. The van der Waals surface area contributed by atoms with E-state index in [1.165, 1.54) is 6.42 Å². The normalized spacial score (nSPS) is 19.4. The highest BCUT2D eigenvalue weighted by atomic mass is 32.1. The fourth-order valence-corrected chi connectivity index (χ4v) is 2.21. The fourth-order valence-electron chi connectivity index (χ4n) is 2.12. The highest BCUT2D eigenvalue weighted by Crippen LogP contribution is 2.13. The Morgan fingerprint density at radius 1 is 1.42 bits per heavy atom. The maximum absolute atomic E-state index is 12.0. The van der Waals surface area contributed by atoms with E-state index < -0.39 is 0 Å². The van der Waals surface area contributed by atoms with E-state index in [0.29, 0.717) is 24.5 Å². The van der Waals surface area contributed by atoms with Crippen molar-refractivity contribution in [2.75, 3.05) is 40.3 Å². The van der Waals surface area contributed by atoms with E-state index in [9.17, 15) is 4.79 Å². The highest BCUT2D eigenvalue weighted by molar-refractivity contribution is 7.80. The van der Waals surface area contributed by atoms with Crippen molar-refractivity contribution in [3.05, 3.63) is 0 Å². The predicted molar refractivity (Wildman–Crippen MR) is 80.1 cm³/mol. The number of nitrogens with zero attached hydrogens (tertiary/aromatic N) is 2. The molecule has 6 heteroatoms. The second-order valence-electron chi connectivity index (χ2n) is 5.22. The summed E-state index contributed by atoms with van der Waals surface area (Å²) >= 11 is 4.81. The van der Waals surface area contributed by atoms with Crippen LogP contribution in [0.15, 0.2) is 0 Å². The monoisotopic (exact) mass is 287 g/mol. The van der Waals surface area contributed by atoms with Crippen LogP contribution in [-0.4, -0.2) is 67.1 Å². The Balaban J connectivity index is 2.24. The number of hydrogen-bond acceptors (Lipinski definition) is 4. The van der Waals surface area contributed by atoms with Gasteiger partial charge in [-0.05, 0) is 26.3 Å². The first kappa shape index (κ1) is 16.3. The molecule has 0 radical (unpaired) electrons. The summed E-state index contributed by atoms with van der Waals surface area (Å²) < 4.78 is 5.67. The van der Waals surface area contributed by atoms with E-state index in [2.05, 4.69) is 0 Å². The van der Waals surface area contributed by atoms with Gasteiger partial charge in [0, 0.05) is 33.2 Å². The highest BCUT2D eigenvalue weighted by Gasteiger charge is 2.18. The standard InChI is InChI=1S/C13H25N3O2S/c1-15(9-11-5-3-4-8-18-11)10-13(17)16(2)7-6-12(14)19/h11H,3-10H2,1-2H3,(H2,14,19). The smallest absolute Gasteiger partial charge is 0.236 e. The number of thiocarbonyl (C=S) groups is 1. The Morgan fingerprint density at radius 2 is 2.16 bits per heavy atom. The number of likely N-dealkylation sites (N-methyl/N-ethyl adjacent to an activating group) is 2. The Kier molecular flexibility index (Phi) is 7.27. The molecular formula is C13H25N3O2S. The van der Waals surface area contributed by atoms with Crippen molar-refractivity contribution >= 4 is 23.1 Å². The van der Waals surface area contributed by atoms with E-state index in [1.807, 2.05) is 11.9 Å². The fraction of sp³-hybridized carbons (Fsp3) is 0.846. The molecule has 2 N–H and O–H groups in total. The SMILES string of the molecule is CN(CC(=O)N(C)CCC(N)=S)CC1CCCCO1. The van der Waals surface area contributed by atoms with Crippen LogP contribution in [0.25, 0.3) is 0 Å². The van der Waals surface area contributed by atoms with E-state index in [-0.39, 0.29) is 12.0 Å². The molecular weight excluding hydrogens is 262 g/mol. The first-order valence-electron chi connectivity index (χ1n) is 6.81. The van der Waals surface area contributed by atoms with Crippen molar-refractivity contribution in [1.82, 2.24) is 9.80 Å². The molecule has 19 heavy (non-hydrogen) atoms. The van der Waals surface area contributed by atoms with Gasteiger partial charge in [0.15, 0.2) is 0 Å². The summed E-state index contributed by atoms with van der Waals surface area (Å²) in [5.74, 6) is 0.0922. The minimum Gasteiger partial charge on any atom is -0.393 e. The molecule has 0 aliphatic carbocycles.